The Morgan fingerprint density at radius 3 is 2.56 bits per heavy atom. The number of hydrogen-bond acceptors (Lipinski definition) is 4. The van der Waals surface area contributed by atoms with E-state index in [0.717, 1.165) is 30.6 Å². The van der Waals surface area contributed by atoms with E-state index in [1.54, 1.807) is 12.4 Å². The van der Waals surface area contributed by atoms with Crippen LogP contribution in [0.5, 0.6) is 5.75 Å². The second kappa shape index (κ2) is 7.96. The molecule has 2 aliphatic carbocycles. The monoisotopic (exact) mass is 453 g/mol. The summed E-state index contributed by atoms with van der Waals surface area (Å²) in [7, 11) is -1.90. The highest BCUT2D eigenvalue weighted by Gasteiger charge is 2.55. The Balaban J connectivity index is 1.67. The number of hydrogen-bond donors (Lipinski definition) is 2. The predicted molar refractivity (Wildman–Crippen MR) is 131 cm³/mol. The first-order valence-electron chi connectivity index (χ1n) is 12.1. The van der Waals surface area contributed by atoms with Gasteiger partial charge in [0, 0.05) is 23.4 Å². The SMILES string of the molecule is CCC12CC(O)C(O)(c3cccnc3)C[C@H]1CCc1cc(O[Si](C)(C)C(C)(C)C)ccc12. The Kier molecular flexibility index (Phi) is 5.84. The molecule has 2 N–H and O–H groups in total. The molecule has 4 nitrogen and oxygen atoms in total. The molecule has 0 aliphatic heterocycles. The molecular weight excluding hydrogens is 414 g/mol. The molecule has 1 heterocycles. The summed E-state index contributed by atoms with van der Waals surface area (Å²) in [6.07, 6.45) is 6.66. The van der Waals surface area contributed by atoms with Gasteiger partial charge in [-0.3, -0.25) is 4.98 Å². The number of aliphatic hydroxyl groups is 2. The quantitative estimate of drug-likeness (QED) is 0.581. The van der Waals surface area contributed by atoms with E-state index in [4.69, 9.17) is 4.43 Å². The highest BCUT2D eigenvalue weighted by Crippen LogP contribution is 2.57. The van der Waals surface area contributed by atoms with E-state index in [9.17, 15) is 10.2 Å². The largest absolute Gasteiger partial charge is 0.543 e. The van der Waals surface area contributed by atoms with Crippen molar-refractivity contribution in [3.05, 3.63) is 59.4 Å². The van der Waals surface area contributed by atoms with Gasteiger partial charge in [-0.2, -0.15) is 0 Å². The van der Waals surface area contributed by atoms with Gasteiger partial charge in [0.25, 0.3) is 0 Å². The lowest BCUT2D eigenvalue weighted by molar-refractivity contribution is -0.146. The van der Waals surface area contributed by atoms with Crippen molar-refractivity contribution in [2.75, 3.05) is 0 Å². The lowest BCUT2D eigenvalue weighted by atomic mass is 9.52. The van der Waals surface area contributed by atoms with Crippen LogP contribution in [-0.4, -0.2) is 29.6 Å². The molecule has 0 bridgehead atoms. The van der Waals surface area contributed by atoms with Crippen molar-refractivity contribution in [1.29, 1.82) is 0 Å². The Morgan fingerprint density at radius 2 is 1.94 bits per heavy atom. The van der Waals surface area contributed by atoms with E-state index in [1.165, 1.54) is 11.1 Å². The second-order valence-corrected chi connectivity index (χ2v) is 16.2. The minimum Gasteiger partial charge on any atom is -0.543 e. The fourth-order valence-electron chi connectivity index (χ4n) is 5.75. The number of aromatic nitrogens is 1. The summed E-state index contributed by atoms with van der Waals surface area (Å²) >= 11 is 0. The van der Waals surface area contributed by atoms with Crippen molar-refractivity contribution >= 4 is 8.32 Å². The maximum Gasteiger partial charge on any atom is 0.250 e. The smallest absolute Gasteiger partial charge is 0.250 e. The molecule has 1 aromatic heterocycles. The Hall–Kier alpha value is -1.69. The lowest BCUT2D eigenvalue weighted by Gasteiger charge is -2.55. The molecule has 1 saturated carbocycles. The van der Waals surface area contributed by atoms with Gasteiger partial charge in [0.15, 0.2) is 0 Å². The first kappa shape index (κ1) is 23.5. The van der Waals surface area contributed by atoms with Crippen LogP contribution in [0, 0.1) is 5.92 Å². The molecular formula is C27H39NO3Si. The van der Waals surface area contributed by atoms with Gasteiger partial charge in [-0.1, -0.05) is 39.8 Å². The van der Waals surface area contributed by atoms with Gasteiger partial charge in [0.05, 0.1) is 6.10 Å². The molecule has 4 atom stereocenters. The van der Waals surface area contributed by atoms with Crippen LogP contribution >= 0.6 is 0 Å². The molecule has 3 unspecified atom stereocenters. The van der Waals surface area contributed by atoms with Crippen molar-refractivity contribution < 1.29 is 14.6 Å². The number of aryl methyl sites for hydroxylation is 1. The van der Waals surface area contributed by atoms with E-state index < -0.39 is 20.0 Å². The Bertz CT molecular complexity index is 971. The maximum absolute atomic E-state index is 11.6. The predicted octanol–water partition coefficient (Wildman–Crippen LogP) is 5.72. The van der Waals surface area contributed by atoms with Crippen molar-refractivity contribution in [3.63, 3.8) is 0 Å². The van der Waals surface area contributed by atoms with E-state index in [0.29, 0.717) is 18.8 Å². The van der Waals surface area contributed by atoms with Gasteiger partial charge < -0.3 is 14.6 Å². The summed E-state index contributed by atoms with van der Waals surface area (Å²) < 4.78 is 6.59. The molecule has 174 valence electrons. The maximum atomic E-state index is 11.6. The van der Waals surface area contributed by atoms with Gasteiger partial charge in [-0.05, 0) is 85.5 Å². The topological polar surface area (TPSA) is 62.6 Å². The van der Waals surface area contributed by atoms with Crippen molar-refractivity contribution in [2.24, 2.45) is 5.92 Å². The number of aliphatic hydroxyl groups excluding tert-OH is 1. The molecule has 0 radical (unpaired) electrons. The molecule has 0 amide bonds. The van der Waals surface area contributed by atoms with Crippen LogP contribution in [0.1, 0.15) is 70.1 Å². The molecule has 0 saturated heterocycles. The summed E-state index contributed by atoms with van der Waals surface area (Å²) in [5.74, 6) is 1.30. The first-order chi connectivity index (χ1) is 14.9. The van der Waals surface area contributed by atoms with Crippen LogP contribution < -0.4 is 4.43 Å². The van der Waals surface area contributed by atoms with Gasteiger partial charge in [0.2, 0.25) is 8.32 Å². The third-order valence-electron chi connectivity index (χ3n) is 8.79. The van der Waals surface area contributed by atoms with E-state index in [-0.39, 0.29) is 10.5 Å². The average molecular weight is 454 g/mol. The standard InChI is InChI=1S/C27H39NO3Si/c1-7-26-17-24(29)27(30,21-9-8-14-28-18-21)16-20(26)11-10-19-15-22(12-13-23(19)26)31-32(5,6)25(2,3)4/h8-9,12-15,18,20,24,29-30H,7,10-11,16-17H2,1-6H3/t20-,24?,26?,27?/m1/s1. The zero-order chi connectivity index (χ0) is 23.4. The third kappa shape index (κ3) is 3.72. The van der Waals surface area contributed by atoms with Gasteiger partial charge in [0.1, 0.15) is 11.4 Å². The average Bonchev–Trinajstić information content (AvgIpc) is 2.74. The minimum absolute atomic E-state index is 0.114. The zero-order valence-electron chi connectivity index (χ0n) is 20.5. The first-order valence-corrected chi connectivity index (χ1v) is 15.0. The van der Waals surface area contributed by atoms with Crippen molar-refractivity contribution in [3.8, 4) is 5.75 Å². The lowest BCUT2D eigenvalue weighted by Crippen LogP contribution is -2.56. The number of nitrogens with zero attached hydrogens (tertiary/aromatic N) is 1. The Labute approximate surface area is 194 Å². The van der Waals surface area contributed by atoms with Crippen LogP contribution in [-0.2, 0) is 17.4 Å². The van der Waals surface area contributed by atoms with E-state index in [1.807, 2.05) is 12.1 Å². The Morgan fingerprint density at radius 1 is 1.19 bits per heavy atom. The molecule has 32 heavy (non-hydrogen) atoms. The van der Waals surface area contributed by atoms with Crippen molar-refractivity contribution in [1.82, 2.24) is 4.98 Å². The number of benzene rings is 1. The van der Waals surface area contributed by atoms with Gasteiger partial charge >= 0.3 is 0 Å². The minimum atomic E-state index is -1.90. The summed E-state index contributed by atoms with van der Waals surface area (Å²) in [6, 6.07) is 10.3. The third-order valence-corrected chi connectivity index (χ3v) is 13.2. The number of rotatable bonds is 4. The van der Waals surface area contributed by atoms with Crippen LogP contribution in [0.15, 0.2) is 42.7 Å². The highest BCUT2D eigenvalue weighted by atomic mass is 28.4. The molecule has 1 fully saturated rings. The summed E-state index contributed by atoms with van der Waals surface area (Å²) in [5.41, 5.74) is 2.06. The fourth-order valence-corrected chi connectivity index (χ4v) is 6.77. The van der Waals surface area contributed by atoms with Crippen LogP contribution in [0.25, 0.3) is 0 Å². The molecule has 0 spiro atoms. The molecule has 1 aromatic carbocycles. The van der Waals surface area contributed by atoms with Crippen LogP contribution in [0.2, 0.25) is 18.1 Å². The number of fused-ring (bicyclic) bond motifs is 3. The van der Waals surface area contributed by atoms with E-state index >= 15 is 0 Å². The van der Waals surface area contributed by atoms with Gasteiger partial charge in [-0.15, -0.1) is 0 Å². The summed E-state index contributed by atoms with van der Waals surface area (Å²) in [5, 5.41) is 22.9. The molecule has 5 heteroatoms. The molecule has 2 aromatic rings. The molecule has 4 rings (SSSR count). The second-order valence-electron chi connectivity index (χ2n) is 11.5. The summed E-state index contributed by atoms with van der Waals surface area (Å²) in [6.45, 7) is 13.6. The van der Waals surface area contributed by atoms with Crippen LogP contribution in [0.4, 0.5) is 0 Å². The van der Waals surface area contributed by atoms with Crippen molar-refractivity contribution in [2.45, 2.75) is 95.1 Å². The van der Waals surface area contributed by atoms with E-state index in [2.05, 4.69) is 64.0 Å². The summed E-state index contributed by atoms with van der Waals surface area (Å²) in [4.78, 5) is 4.19. The highest BCUT2D eigenvalue weighted by molar-refractivity contribution is 6.74. The van der Waals surface area contributed by atoms with Gasteiger partial charge in [-0.25, -0.2) is 0 Å². The zero-order valence-corrected chi connectivity index (χ0v) is 21.5. The normalized spacial score (nSPS) is 30.4. The molecule has 2 aliphatic rings. The fraction of sp³-hybridized carbons (Fsp3) is 0.593. The number of pyridine rings is 1. The van der Waals surface area contributed by atoms with Crippen LogP contribution in [0.3, 0.4) is 0 Å².